The molecule has 0 unspecified atom stereocenters. The Morgan fingerprint density at radius 3 is 2.68 bits per heavy atom. The molecule has 8 heteroatoms. The molecule has 4 rings (SSSR count). The van der Waals surface area contributed by atoms with Gasteiger partial charge in [-0.25, -0.2) is 0 Å². The van der Waals surface area contributed by atoms with Crippen LogP contribution in [0.4, 0.5) is 0 Å². The van der Waals surface area contributed by atoms with Gasteiger partial charge in [0.2, 0.25) is 6.79 Å². The predicted molar refractivity (Wildman–Crippen MR) is 106 cm³/mol. The molecule has 0 spiro atoms. The Morgan fingerprint density at radius 1 is 1.14 bits per heavy atom. The number of methoxy groups -OCH3 is 2. The molecular formula is C20H18N2O5S. The highest BCUT2D eigenvalue weighted by atomic mass is 32.1. The van der Waals surface area contributed by atoms with Gasteiger partial charge in [-0.1, -0.05) is 17.4 Å². The first-order chi connectivity index (χ1) is 13.6. The molecule has 0 fully saturated rings. The molecule has 1 aromatic heterocycles. The van der Waals surface area contributed by atoms with E-state index >= 15 is 0 Å². The summed E-state index contributed by atoms with van der Waals surface area (Å²) in [6.07, 6.45) is 3.14. The molecule has 0 radical (unpaired) electrons. The number of ether oxygens (including phenoxy) is 4. The van der Waals surface area contributed by atoms with Crippen molar-refractivity contribution in [2.45, 2.75) is 0 Å². The van der Waals surface area contributed by atoms with Gasteiger partial charge in [0.05, 0.1) is 24.4 Å². The summed E-state index contributed by atoms with van der Waals surface area (Å²) in [7, 11) is 5.04. The number of carbonyl (C=O) groups excluding carboxylic acids is 1. The summed E-state index contributed by atoms with van der Waals surface area (Å²) in [4.78, 5) is 17.1. The van der Waals surface area contributed by atoms with Crippen LogP contribution in [0.2, 0.25) is 0 Å². The molecule has 3 aromatic rings. The van der Waals surface area contributed by atoms with Crippen LogP contribution in [0.5, 0.6) is 23.0 Å². The van der Waals surface area contributed by atoms with Gasteiger partial charge in [0.25, 0.3) is 5.91 Å². The lowest BCUT2D eigenvalue weighted by atomic mass is 10.2. The normalized spacial score (nSPS) is 13.5. The Morgan fingerprint density at radius 2 is 1.89 bits per heavy atom. The van der Waals surface area contributed by atoms with Crippen molar-refractivity contribution in [2.24, 2.45) is 12.0 Å². The lowest BCUT2D eigenvalue weighted by molar-refractivity contribution is -0.113. The van der Waals surface area contributed by atoms with Crippen molar-refractivity contribution in [1.29, 1.82) is 0 Å². The van der Waals surface area contributed by atoms with E-state index in [0.717, 1.165) is 15.8 Å². The van der Waals surface area contributed by atoms with Crippen molar-refractivity contribution < 1.29 is 23.7 Å². The van der Waals surface area contributed by atoms with E-state index in [1.54, 1.807) is 20.3 Å². The van der Waals surface area contributed by atoms with E-state index in [0.29, 0.717) is 27.8 Å². The second kappa shape index (κ2) is 7.40. The molecule has 2 heterocycles. The quantitative estimate of drug-likeness (QED) is 0.632. The van der Waals surface area contributed by atoms with E-state index in [1.165, 1.54) is 17.4 Å². The first kappa shape index (κ1) is 18.1. The van der Waals surface area contributed by atoms with Gasteiger partial charge in [0.15, 0.2) is 27.8 Å². The fourth-order valence-electron chi connectivity index (χ4n) is 2.88. The van der Waals surface area contributed by atoms with Gasteiger partial charge in [-0.2, -0.15) is 4.99 Å². The van der Waals surface area contributed by atoms with Crippen molar-refractivity contribution in [3.8, 4) is 23.0 Å². The van der Waals surface area contributed by atoms with Gasteiger partial charge >= 0.3 is 0 Å². The van der Waals surface area contributed by atoms with Crippen LogP contribution in [0.3, 0.4) is 0 Å². The highest BCUT2D eigenvalue weighted by Gasteiger charge is 2.13. The molecule has 1 amide bonds. The van der Waals surface area contributed by atoms with E-state index in [9.17, 15) is 4.79 Å². The first-order valence-corrected chi connectivity index (χ1v) is 9.28. The SMILES string of the molecule is COc1cc2sc(=NC(=O)/C=C/c3ccc4c(c3)OCO4)n(C)c2cc1OC. The maximum atomic E-state index is 12.3. The summed E-state index contributed by atoms with van der Waals surface area (Å²) >= 11 is 1.41. The van der Waals surface area contributed by atoms with Crippen LogP contribution in [0.15, 0.2) is 41.4 Å². The third kappa shape index (κ3) is 3.34. The lowest BCUT2D eigenvalue weighted by Gasteiger charge is -2.07. The Bertz CT molecular complexity index is 1160. The fourth-order valence-corrected chi connectivity index (χ4v) is 3.91. The van der Waals surface area contributed by atoms with E-state index in [4.69, 9.17) is 18.9 Å². The maximum absolute atomic E-state index is 12.3. The zero-order valence-electron chi connectivity index (χ0n) is 15.6. The summed E-state index contributed by atoms with van der Waals surface area (Å²) in [5, 5.41) is 0. The number of benzene rings is 2. The van der Waals surface area contributed by atoms with Crippen LogP contribution >= 0.6 is 11.3 Å². The van der Waals surface area contributed by atoms with Gasteiger partial charge in [-0.05, 0) is 23.8 Å². The number of nitrogens with zero attached hydrogens (tertiary/aromatic N) is 2. The number of aromatic nitrogens is 1. The van der Waals surface area contributed by atoms with Gasteiger partial charge < -0.3 is 23.5 Å². The lowest BCUT2D eigenvalue weighted by Crippen LogP contribution is -2.12. The Hall–Kier alpha value is -3.26. The van der Waals surface area contributed by atoms with E-state index in [-0.39, 0.29) is 12.7 Å². The average molecular weight is 398 g/mol. The van der Waals surface area contributed by atoms with E-state index < -0.39 is 0 Å². The zero-order valence-corrected chi connectivity index (χ0v) is 16.4. The second-order valence-electron chi connectivity index (χ2n) is 6.01. The van der Waals surface area contributed by atoms with Crippen molar-refractivity contribution in [1.82, 2.24) is 4.57 Å². The van der Waals surface area contributed by atoms with Gasteiger partial charge in [-0.3, -0.25) is 4.79 Å². The van der Waals surface area contributed by atoms with Crippen LogP contribution in [0.25, 0.3) is 16.3 Å². The zero-order chi connectivity index (χ0) is 19.7. The van der Waals surface area contributed by atoms with Crippen molar-refractivity contribution in [3.63, 3.8) is 0 Å². The summed E-state index contributed by atoms with van der Waals surface area (Å²) < 4.78 is 24.1. The molecule has 144 valence electrons. The second-order valence-corrected chi connectivity index (χ2v) is 7.02. The molecule has 0 N–H and O–H groups in total. The monoisotopic (exact) mass is 398 g/mol. The number of carbonyl (C=O) groups is 1. The standard InChI is InChI=1S/C20H18N2O5S/c1-22-13-9-15(24-2)16(25-3)10-18(13)28-20(22)21-19(23)7-5-12-4-6-14-17(8-12)27-11-26-14/h4-10H,11H2,1-3H3/b7-5+,21-20?. The number of aryl methyl sites for hydroxylation is 1. The molecule has 0 saturated heterocycles. The largest absolute Gasteiger partial charge is 0.493 e. The molecule has 1 aliphatic rings. The molecule has 7 nitrogen and oxygen atoms in total. The minimum atomic E-state index is -0.348. The molecular weight excluding hydrogens is 380 g/mol. The van der Waals surface area contributed by atoms with Crippen molar-refractivity contribution in [2.75, 3.05) is 21.0 Å². The van der Waals surface area contributed by atoms with E-state index in [1.807, 2.05) is 41.9 Å². The van der Waals surface area contributed by atoms with Crippen LogP contribution in [0, 0.1) is 0 Å². The number of amides is 1. The highest BCUT2D eigenvalue weighted by molar-refractivity contribution is 7.16. The minimum Gasteiger partial charge on any atom is -0.493 e. The topological polar surface area (TPSA) is 71.3 Å². The summed E-state index contributed by atoms with van der Waals surface area (Å²) in [6.45, 7) is 0.217. The summed E-state index contributed by atoms with van der Waals surface area (Å²) in [5.74, 6) is 2.29. The predicted octanol–water partition coefficient (Wildman–Crippen LogP) is 3.13. The Kier molecular flexibility index (Phi) is 4.79. The van der Waals surface area contributed by atoms with Gasteiger partial charge in [0, 0.05) is 25.3 Å². The summed E-state index contributed by atoms with van der Waals surface area (Å²) in [6, 6.07) is 9.25. The number of hydrogen-bond donors (Lipinski definition) is 0. The maximum Gasteiger partial charge on any atom is 0.272 e. The van der Waals surface area contributed by atoms with Crippen molar-refractivity contribution >= 4 is 33.5 Å². The number of fused-ring (bicyclic) bond motifs is 2. The van der Waals surface area contributed by atoms with Crippen molar-refractivity contribution in [3.05, 3.63) is 46.8 Å². The molecule has 0 atom stereocenters. The number of thiazole rings is 1. The first-order valence-electron chi connectivity index (χ1n) is 8.47. The fraction of sp³-hybridized carbons (Fsp3) is 0.200. The van der Waals surface area contributed by atoms with Crippen LogP contribution in [0.1, 0.15) is 5.56 Å². The molecule has 1 aliphatic heterocycles. The third-order valence-corrected chi connectivity index (χ3v) is 5.43. The molecule has 28 heavy (non-hydrogen) atoms. The van der Waals surface area contributed by atoms with Crippen LogP contribution in [-0.2, 0) is 11.8 Å². The molecule has 0 bridgehead atoms. The van der Waals surface area contributed by atoms with Crippen LogP contribution in [-0.4, -0.2) is 31.5 Å². The highest BCUT2D eigenvalue weighted by Crippen LogP contribution is 2.33. The Labute approximate surface area is 165 Å². The molecule has 2 aromatic carbocycles. The third-order valence-electron chi connectivity index (χ3n) is 4.34. The minimum absolute atomic E-state index is 0.217. The molecule has 0 saturated carbocycles. The van der Waals surface area contributed by atoms with Gasteiger partial charge in [-0.15, -0.1) is 0 Å². The average Bonchev–Trinajstić information content (AvgIpc) is 3.29. The molecule has 0 aliphatic carbocycles. The smallest absolute Gasteiger partial charge is 0.272 e. The van der Waals surface area contributed by atoms with Gasteiger partial charge in [0.1, 0.15) is 0 Å². The summed E-state index contributed by atoms with van der Waals surface area (Å²) in [5.41, 5.74) is 1.75. The number of rotatable bonds is 4. The number of hydrogen-bond acceptors (Lipinski definition) is 6. The van der Waals surface area contributed by atoms with E-state index in [2.05, 4.69) is 4.99 Å². The Balaban J connectivity index is 1.63. The van der Waals surface area contributed by atoms with Crippen LogP contribution < -0.4 is 23.7 Å².